The van der Waals surface area contributed by atoms with Crippen LogP contribution in [-0.4, -0.2) is 53.6 Å². The number of hydrogen-bond acceptors (Lipinski definition) is 4. The van der Waals surface area contributed by atoms with E-state index in [1.165, 1.54) is 12.8 Å². The summed E-state index contributed by atoms with van der Waals surface area (Å²) in [5.41, 5.74) is 0. The fourth-order valence-electron chi connectivity index (χ4n) is 2.95. The number of rotatable bonds is 5. The number of carboxylic acids is 1. The first kappa shape index (κ1) is 13.8. The maximum atomic E-state index is 10.6. The fourth-order valence-corrected chi connectivity index (χ4v) is 2.95. The van der Waals surface area contributed by atoms with Crippen molar-refractivity contribution in [1.82, 2.24) is 4.90 Å². The highest BCUT2D eigenvalue weighted by Gasteiger charge is 2.34. The molecule has 3 atom stereocenters. The van der Waals surface area contributed by atoms with Crippen LogP contribution in [0.5, 0.6) is 0 Å². The Bertz CT molecular complexity index is 295. The molecule has 2 rings (SSSR count). The SMILES string of the molecule is CC(C)N1CCCC1CC1OCC(CC(=O)O)O1. The first-order chi connectivity index (χ1) is 8.56. The van der Waals surface area contributed by atoms with E-state index < -0.39 is 5.97 Å². The van der Waals surface area contributed by atoms with Crippen LogP contribution in [0.4, 0.5) is 0 Å². The van der Waals surface area contributed by atoms with E-state index in [9.17, 15) is 4.79 Å². The highest BCUT2D eigenvalue weighted by Crippen LogP contribution is 2.27. The quantitative estimate of drug-likeness (QED) is 0.808. The van der Waals surface area contributed by atoms with Gasteiger partial charge in [0.05, 0.1) is 19.1 Å². The summed E-state index contributed by atoms with van der Waals surface area (Å²) in [4.78, 5) is 13.1. The van der Waals surface area contributed by atoms with E-state index in [4.69, 9.17) is 14.6 Å². The van der Waals surface area contributed by atoms with E-state index in [0.717, 1.165) is 13.0 Å². The average Bonchev–Trinajstić information content (AvgIpc) is 2.87. The van der Waals surface area contributed by atoms with Crippen LogP contribution >= 0.6 is 0 Å². The molecule has 2 heterocycles. The number of aliphatic carboxylic acids is 1. The van der Waals surface area contributed by atoms with E-state index in [-0.39, 0.29) is 18.8 Å². The lowest BCUT2D eigenvalue weighted by Gasteiger charge is -2.29. The van der Waals surface area contributed by atoms with Gasteiger partial charge in [-0.2, -0.15) is 0 Å². The topological polar surface area (TPSA) is 59.0 Å². The van der Waals surface area contributed by atoms with Crippen LogP contribution in [0.25, 0.3) is 0 Å². The Morgan fingerprint density at radius 2 is 2.28 bits per heavy atom. The second kappa shape index (κ2) is 5.99. The summed E-state index contributed by atoms with van der Waals surface area (Å²) in [7, 11) is 0. The zero-order valence-corrected chi connectivity index (χ0v) is 11.2. The molecule has 104 valence electrons. The molecule has 2 aliphatic rings. The molecule has 0 aromatic heterocycles. The average molecular weight is 257 g/mol. The lowest BCUT2D eigenvalue weighted by atomic mass is 10.1. The molecule has 3 unspecified atom stereocenters. The van der Waals surface area contributed by atoms with Crippen LogP contribution < -0.4 is 0 Å². The van der Waals surface area contributed by atoms with Gasteiger partial charge in [0.2, 0.25) is 0 Å². The first-order valence-electron chi connectivity index (χ1n) is 6.81. The Balaban J connectivity index is 1.79. The van der Waals surface area contributed by atoms with Crippen molar-refractivity contribution in [2.45, 2.75) is 64.0 Å². The minimum absolute atomic E-state index is 0.0368. The normalized spacial score (nSPS) is 33.4. The van der Waals surface area contributed by atoms with Crippen molar-refractivity contribution >= 4 is 5.97 Å². The Morgan fingerprint density at radius 1 is 1.50 bits per heavy atom. The molecule has 0 aromatic carbocycles. The standard InChI is InChI=1S/C13H23NO4/c1-9(2)14-5-3-4-10(14)6-13-17-8-11(18-13)7-12(15)16/h9-11,13H,3-8H2,1-2H3,(H,15,16). The smallest absolute Gasteiger partial charge is 0.306 e. The number of carbonyl (C=O) groups is 1. The Morgan fingerprint density at radius 3 is 2.94 bits per heavy atom. The molecule has 0 spiro atoms. The first-order valence-corrected chi connectivity index (χ1v) is 6.81. The fraction of sp³-hybridized carbons (Fsp3) is 0.923. The zero-order valence-electron chi connectivity index (χ0n) is 11.2. The number of nitrogens with zero attached hydrogens (tertiary/aromatic N) is 1. The number of hydrogen-bond donors (Lipinski definition) is 1. The number of carboxylic acid groups (broad SMARTS) is 1. The van der Waals surface area contributed by atoms with Gasteiger partial charge in [0.15, 0.2) is 6.29 Å². The Labute approximate surface area is 108 Å². The summed E-state index contributed by atoms with van der Waals surface area (Å²) < 4.78 is 11.2. The predicted octanol–water partition coefficient (Wildman–Crippen LogP) is 1.47. The molecule has 5 heteroatoms. The van der Waals surface area contributed by atoms with Gasteiger partial charge in [-0.15, -0.1) is 0 Å². The largest absolute Gasteiger partial charge is 0.481 e. The number of ether oxygens (including phenoxy) is 2. The van der Waals surface area contributed by atoms with Crippen molar-refractivity contribution in [2.24, 2.45) is 0 Å². The van der Waals surface area contributed by atoms with Gasteiger partial charge in [0.1, 0.15) is 0 Å². The van der Waals surface area contributed by atoms with Gasteiger partial charge in [-0.05, 0) is 33.2 Å². The molecular weight excluding hydrogens is 234 g/mol. The minimum Gasteiger partial charge on any atom is -0.481 e. The van der Waals surface area contributed by atoms with Gasteiger partial charge in [0.25, 0.3) is 0 Å². The molecule has 0 aromatic rings. The van der Waals surface area contributed by atoms with E-state index in [0.29, 0.717) is 18.7 Å². The van der Waals surface area contributed by atoms with E-state index in [1.807, 2.05) is 0 Å². The minimum atomic E-state index is -0.825. The van der Waals surface area contributed by atoms with E-state index >= 15 is 0 Å². The third-order valence-electron chi connectivity index (χ3n) is 3.77. The molecule has 2 saturated heterocycles. The summed E-state index contributed by atoms with van der Waals surface area (Å²) in [6, 6.07) is 1.06. The maximum absolute atomic E-state index is 10.6. The molecular formula is C13H23NO4. The lowest BCUT2D eigenvalue weighted by molar-refractivity contribution is -0.140. The third-order valence-corrected chi connectivity index (χ3v) is 3.77. The highest BCUT2D eigenvalue weighted by molar-refractivity contribution is 5.67. The van der Waals surface area contributed by atoms with Gasteiger partial charge in [-0.25, -0.2) is 0 Å². The molecule has 0 radical (unpaired) electrons. The van der Waals surface area contributed by atoms with Crippen LogP contribution in [0.15, 0.2) is 0 Å². The number of likely N-dealkylation sites (tertiary alicyclic amines) is 1. The van der Waals surface area contributed by atoms with Gasteiger partial charge < -0.3 is 14.6 Å². The third kappa shape index (κ3) is 3.43. The molecule has 18 heavy (non-hydrogen) atoms. The summed E-state index contributed by atoms with van der Waals surface area (Å²) in [6.07, 6.45) is 2.81. The van der Waals surface area contributed by atoms with Crippen molar-refractivity contribution in [3.8, 4) is 0 Å². The van der Waals surface area contributed by atoms with Gasteiger partial charge in [0, 0.05) is 18.5 Å². The van der Waals surface area contributed by atoms with Crippen LogP contribution in [-0.2, 0) is 14.3 Å². The van der Waals surface area contributed by atoms with Crippen LogP contribution in [0.1, 0.15) is 39.5 Å². The summed E-state index contributed by atoms with van der Waals surface area (Å²) >= 11 is 0. The van der Waals surface area contributed by atoms with E-state index in [1.54, 1.807) is 0 Å². The molecule has 0 amide bonds. The second-order valence-electron chi connectivity index (χ2n) is 5.48. The summed E-state index contributed by atoms with van der Waals surface area (Å²) in [6.45, 7) is 5.98. The summed E-state index contributed by atoms with van der Waals surface area (Å²) in [5.74, 6) is -0.825. The van der Waals surface area contributed by atoms with Crippen molar-refractivity contribution in [1.29, 1.82) is 0 Å². The van der Waals surface area contributed by atoms with E-state index in [2.05, 4.69) is 18.7 Å². The van der Waals surface area contributed by atoms with Crippen LogP contribution in [0.3, 0.4) is 0 Å². The Hall–Kier alpha value is -0.650. The predicted molar refractivity (Wildman–Crippen MR) is 66.3 cm³/mol. The maximum Gasteiger partial charge on any atom is 0.306 e. The molecule has 0 bridgehead atoms. The van der Waals surface area contributed by atoms with Crippen molar-refractivity contribution in [3.63, 3.8) is 0 Å². The zero-order chi connectivity index (χ0) is 13.1. The Kier molecular flexibility index (Phi) is 4.59. The van der Waals surface area contributed by atoms with Gasteiger partial charge in [-0.3, -0.25) is 9.69 Å². The van der Waals surface area contributed by atoms with Crippen molar-refractivity contribution < 1.29 is 19.4 Å². The molecule has 2 fully saturated rings. The molecule has 1 N–H and O–H groups in total. The lowest BCUT2D eigenvalue weighted by Crippen LogP contribution is -2.37. The van der Waals surface area contributed by atoms with Gasteiger partial charge >= 0.3 is 5.97 Å². The van der Waals surface area contributed by atoms with Gasteiger partial charge in [-0.1, -0.05) is 0 Å². The molecule has 5 nitrogen and oxygen atoms in total. The highest BCUT2D eigenvalue weighted by atomic mass is 16.7. The van der Waals surface area contributed by atoms with Crippen LogP contribution in [0.2, 0.25) is 0 Å². The summed E-state index contributed by atoms with van der Waals surface area (Å²) in [5, 5.41) is 8.72. The monoisotopic (exact) mass is 257 g/mol. The molecule has 0 saturated carbocycles. The van der Waals surface area contributed by atoms with Crippen molar-refractivity contribution in [3.05, 3.63) is 0 Å². The second-order valence-corrected chi connectivity index (χ2v) is 5.48. The molecule has 2 aliphatic heterocycles. The molecule has 0 aliphatic carbocycles. The van der Waals surface area contributed by atoms with Crippen LogP contribution in [0, 0.1) is 0 Å². The van der Waals surface area contributed by atoms with Crippen molar-refractivity contribution in [2.75, 3.05) is 13.2 Å².